The Bertz CT molecular complexity index is 573. The van der Waals surface area contributed by atoms with Crippen LogP contribution in [0, 0.1) is 0 Å². The van der Waals surface area contributed by atoms with Crippen LogP contribution in [0.5, 0.6) is 11.5 Å². The zero-order valence-electron chi connectivity index (χ0n) is 11.0. The van der Waals surface area contributed by atoms with E-state index in [1.807, 2.05) is 0 Å². The van der Waals surface area contributed by atoms with Crippen molar-refractivity contribution >= 4 is 5.69 Å². The highest BCUT2D eigenvalue weighted by molar-refractivity contribution is 5.51. The summed E-state index contributed by atoms with van der Waals surface area (Å²) in [5.41, 5.74) is 5.98. The molecular formula is C15H15F2NO2. The van der Waals surface area contributed by atoms with Gasteiger partial charge in [-0.2, -0.15) is 8.78 Å². The summed E-state index contributed by atoms with van der Waals surface area (Å²) in [4.78, 5) is 0. The lowest BCUT2D eigenvalue weighted by molar-refractivity contribution is -0.0471. The Labute approximate surface area is 115 Å². The van der Waals surface area contributed by atoms with Crippen molar-refractivity contribution in [1.82, 2.24) is 0 Å². The summed E-state index contributed by atoms with van der Waals surface area (Å²) in [6.07, 6.45) is 0. The first-order valence-corrected chi connectivity index (χ1v) is 6.02. The van der Waals surface area contributed by atoms with Crippen LogP contribution in [-0.4, -0.2) is 13.7 Å². The molecule has 0 aliphatic rings. The molecule has 3 nitrogen and oxygen atoms in total. The van der Waals surface area contributed by atoms with E-state index >= 15 is 0 Å². The number of rotatable bonds is 5. The molecule has 0 aromatic heterocycles. The number of hydrogen-bond donors (Lipinski definition) is 1. The monoisotopic (exact) mass is 279 g/mol. The van der Waals surface area contributed by atoms with Gasteiger partial charge in [0.15, 0.2) is 18.1 Å². The van der Waals surface area contributed by atoms with Gasteiger partial charge in [-0.3, -0.25) is 0 Å². The van der Waals surface area contributed by atoms with Gasteiger partial charge in [0.05, 0.1) is 7.11 Å². The quantitative estimate of drug-likeness (QED) is 0.853. The van der Waals surface area contributed by atoms with Crippen LogP contribution < -0.4 is 15.2 Å². The van der Waals surface area contributed by atoms with E-state index < -0.39 is 12.5 Å². The fraction of sp³-hybridized carbons (Fsp3) is 0.200. The Hall–Kier alpha value is -2.30. The van der Waals surface area contributed by atoms with E-state index in [4.69, 9.17) is 15.2 Å². The van der Waals surface area contributed by atoms with Crippen molar-refractivity contribution in [3.63, 3.8) is 0 Å². The second-order valence-corrected chi connectivity index (χ2v) is 4.27. The van der Waals surface area contributed by atoms with E-state index in [2.05, 4.69) is 0 Å². The highest BCUT2D eigenvalue weighted by Crippen LogP contribution is 2.33. The van der Waals surface area contributed by atoms with Gasteiger partial charge in [-0.05, 0) is 12.1 Å². The van der Waals surface area contributed by atoms with Gasteiger partial charge in [0.2, 0.25) is 0 Å². The predicted octanol–water partition coefficient (Wildman–Crippen LogP) is 3.45. The van der Waals surface area contributed by atoms with Gasteiger partial charge in [-0.1, -0.05) is 30.3 Å². The number of methoxy groups -OCH3 is 1. The van der Waals surface area contributed by atoms with Crippen molar-refractivity contribution in [2.75, 3.05) is 19.5 Å². The number of hydrogen-bond acceptors (Lipinski definition) is 3. The predicted molar refractivity (Wildman–Crippen MR) is 73.2 cm³/mol. The molecule has 0 saturated carbocycles. The van der Waals surface area contributed by atoms with Crippen LogP contribution in [0.1, 0.15) is 5.56 Å². The summed E-state index contributed by atoms with van der Waals surface area (Å²) in [6.45, 7) is -0.767. The minimum Gasteiger partial charge on any atom is -0.493 e. The average Bonchev–Trinajstić information content (AvgIpc) is 2.46. The molecule has 2 N–H and O–H groups in total. The molecule has 0 radical (unpaired) electrons. The van der Waals surface area contributed by atoms with Crippen molar-refractivity contribution in [1.29, 1.82) is 0 Å². The van der Waals surface area contributed by atoms with E-state index in [0.717, 1.165) is 0 Å². The number of anilines is 1. The van der Waals surface area contributed by atoms with E-state index in [1.54, 1.807) is 24.3 Å². The molecule has 5 heteroatoms. The van der Waals surface area contributed by atoms with Gasteiger partial charge in [0.25, 0.3) is 0 Å². The fourth-order valence-electron chi connectivity index (χ4n) is 1.74. The summed E-state index contributed by atoms with van der Waals surface area (Å²) in [7, 11) is 1.43. The van der Waals surface area contributed by atoms with Crippen LogP contribution in [0.4, 0.5) is 14.5 Å². The maximum absolute atomic E-state index is 14.0. The van der Waals surface area contributed by atoms with Crippen LogP contribution >= 0.6 is 0 Å². The molecule has 0 amide bonds. The lowest BCUT2D eigenvalue weighted by atomic mass is 10.1. The lowest BCUT2D eigenvalue weighted by Gasteiger charge is -2.18. The lowest BCUT2D eigenvalue weighted by Crippen LogP contribution is -2.23. The molecule has 0 fully saturated rings. The Balaban J connectivity index is 2.12. The van der Waals surface area contributed by atoms with E-state index in [1.165, 1.54) is 31.4 Å². The highest BCUT2D eigenvalue weighted by Gasteiger charge is 2.32. The van der Waals surface area contributed by atoms with Gasteiger partial charge in [0.1, 0.15) is 0 Å². The normalized spacial score (nSPS) is 11.2. The maximum atomic E-state index is 14.0. The number of ether oxygens (including phenoxy) is 2. The second kappa shape index (κ2) is 5.77. The fourth-order valence-corrected chi connectivity index (χ4v) is 1.74. The minimum absolute atomic E-state index is 0.0885. The van der Waals surface area contributed by atoms with Crippen LogP contribution in [-0.2, 0) is 5.92 Å². The third-order valence-corrected chi connectivity index (χ3v) is 2.79. The molecule has 2 aromatic rings. The molecule has 2 rings (SSSR count). The van der Waals surface area contributed by atoms with Crippen molar-refractivity contribution in [2.24, 2.45) is 0 Å². The maximum Gasteiger partial charge on any atom is 0.306 e. The van der Waals surface area contributed by atoms with Crippen LogP contribution in [0.15, 0.2) is 48.5 Å². The molecule has 0 saturated heterocycles. The average molecular weight is 279 g/mol. The van der Waals surface area contributed by atoms with Gasteiger partial charge in [0, 0.05) is 17.3 Å². The molecule has 0 aliphatic carbocycles. The molecule has 2 aromatic carbocycles. The zero-order chi connectivity index (χ0) is 14.6. The van der Waals surface area contributed by atoms with Crippen LogP contribution in [0.3, 0.4) is 0 Å². The summed E-state index contributed by atoms with van der Waals surface area (Å²) >= 11 is 0. The first-order valence-electron chi connectivity index (χ1n) is 6.02. The summed E-state index contributed by atoms with van der Waals surface area (Å²) in [6, 6.07) is 12.1. The van der Waals surface area contributed by atoms with Gasteiger partial charge < -0.3 is 15.2 Å². The molecule has 106 valence electrons. The topological polar surface area (TPSA) is 44.5 Å². The van der Waals surface area contributed by atoms with Gasteiger partial charge in [-0.15, -0.1) is 0 Å². The number of nitrogen functional groups attached to an aromatic ring is 1. The number of benzene rings is 2. The Kier molecular flexibility index (Phi) is 4.08. The van der Waals surface area contributed by atoms with Gasteiger partial charge in [-0.25, -0.2) is 0 Å². The number of nitrogens with two attached hydrogens (primary N) is 1. The standard InChI is InChI=1S/C15H15F2NO2/c1-19-14-9-12(18)7-8-13(14)20-10-15(16,17)11-5-3-2-4-6-11/h2-9H,10,18H2,1H3. The highest BCUT2D eigenvalue weighted by atomic mass is 19.3. The van der Waals surface area contributed by atoms with Crippen molar-refractivity contribution in [3.05, 3.63) is 54.1 Å². The van der Waals surface area contributed by atoms with E-state index in [0.29, 0.717) is 11.4 Å². The molecular weight excluding hydrogens is 264 g/mol. The number of alkyl halides is 2. The summed E-state index contributed by atoms with van der Waals surface area (Å²) in [5.74, 6) is -2.51. The van der Waals surface area contributed by atoms with Crippen molar-refractivity contribution in [2.45, 2.75) is 5.92 Å². The molecule has 0 spiro atoms. The van der Waals surface area contributed by atoms with Crippen molar-refractivity contribution in [3.8, 4) is 11.5 Å². The molecule has 0 bridgehead atoms. The van der Waals surface area contributed by atoms with Crippen LogP contribution in [0.2, 0.25) is 0 Å². The zero-order valence-corrected chi connectivity index (χ0v) is 11.0. The molecule has 0 aliphatic heterocycles. The van der Waals surface area contributed by atoms with E-state index in [-0.39, 0.29) is 11.3 Å². The Morgan fingerprint density at radius 2 is 1.75 bits per heavy atom. The molecule has 0 heterocycles. The Morgan fingerprint density at radius 3 is 2.40 bits per heavy atom. The molecule has 0 unspecified atom stereocenters. The summed E-state index contributed by atoms with van der Waals surface area (Å²) < 4.78 is 38.2. The Morgan fingerprint density at radius 1 is 1.05 bits per heavy atom. The number of halogens is 2. The largest absolute Gasteiger partial charge is 0.493 e. The third kappa shape index (κ3) is 3.17. The smallest absolute Gasteiger partial charge is 0.306 e. The van der Waals surface area contributed by atoms with Gasteiger partial charge >= 0.3 is 5.92 Å². The third-order valence-electron chi connectivity index (χ3n) is 2.79. The first-order chi connectivity index (χ1) is 9.53. The first kappa shape index (κ1) is 14.1. The summed E-state index contributed by atoms with van der Waals surface area (Å²) in [5, 5.41) is 0. The minimum atomic E-state index is -3.08. The molecule has 0 atom stereocenters. The van der Waals surface area contributed by atoms with E-state index in [9.17, 15) is 8.78 Å². The van der Waals surface area contributed by atoms with Crippen molar-refractivity contribution < 1.29 is 18.3 Å². The SMILES string of the molecule is COc1cc(N)ccc1OCC(F)(F)c1ccccc1. The molecule has 20 heavy (non-hydrogen) atoms. The second-order valence-electron chi connectivity index (χ2n) is 4.27. The van der Waals surface area contributed by atoms with Crippen LogP contribution in [0.25, 0.3) is 0 Å².